The highest BCUT2D eigenvalue weighted by atomic mass is 19.1. The Bertz CT molecular complexity index is 511. The lowest BCUT2D eigenvalue weighted by Gasteiger charge is -2.26. The van der Waals surface area contributed by atoms with Crippen molar-refractivity contribution >= 4 is 18.0 Å². The molecule has 0 aromatic heterocycles. The largest absolute Gasteiger partial charge is 0.480 e. The molecular formula is C16H20FNO3. The zero-order valence-electron chi connectivity index (χ0n) is 12.3. The lowest BCUT2D eigenvalue weighted by Crippen LogP contribution is -2.41. The zero-order chi connectivity index (χ0) is 15.8. The number of hydrogen-bond donors (Lipinski definition) is 1. The van der Waals surface area contributed by atoms with Crippen molar-refractivity contribution in [3.63, 3.8) is 0 Å². The minimum atomic E-state index is -1.02. The molecule has 0 saturated carbocycles. The van der Waals surface area contributed by atoms with Crippen LogP contribution in [0.25, 0.3) is 6.08 Å². The molecule has 0 heterocycles. The SMILES string of the molecule is CCC(C)N(CC(=O)O)C(=O)C/C=C/c1ccc(F)cc1. The Morgan fingerprint density at radius 3 is 2.48 bits per heavy atom. The third-order valence-electron chi connectivity index (χ3n) is 3.22. The van der Waals surface area contributed by atoms with Crippen LogP contribution >= 0.6 is 0 Å². The Balaban J connectivity index is 2.64. The molecular weight excluding hydrogens is 273 g/mol. The van der Waals surface area contributed by atoms with E-state index in [0.29, 0.717) is 6.42 Å². The second-order valence-electron chi connectivity index (χ2n) is 4.83. The number of aliphatic carboxylic acids is 1. The third kappa shape index (κ3) is 5.77. The molecule has 0 spiro atoms. The quantitative estimate of drug-likeness (QED) is 0.841. The maximum absolute atomic E-state index is 12.8. The predicted molar refractivity (Wildman–Crippen MR) is 79.2 cm³/mol. The first-order valence-corrected chi connectivity index (χ1v) is 6.87. The van der Waals surface area contributed by atoms with Crippen molar-refractivity contribution in [2.24, 2.45) is 0 Å². The van der Waals surface area contributed by atoms with Gasteiger partial charge in [0.05, 0.1) is 0 Å². The molecule has 1 rings (SSSR count). The minimum Gasteiger partial charge on any atom is -0.480 e. The Morgan fingerprint density at radius 2 is 1.95 bits per heavy atom. The average molecular weight is 293 g/mol. The fourth-order valence-electron chi connectivity index (χ4n) is 1.84. The second kappa shape index (κ2) is 8.19. The van der Waals surface area contributed by atoms with Crippen LogP contribution in [0.4, 0.5) is 4.39 Å². The Labute approximate surface area is 123 Å². The van der Waals surface area contributed by atoms with Crippen LogP contribution in [0.2, 0.25) is 0 Å². The fourth-order valence-corrected chi connectivity index (χ4v) is 1.84. The Morgan fingerprint density at radius 1 is 1.33 bits per heavy atom. The van der Waals surface area contributed by atoms with Crippen molar-refractivity contribution in [3.8, 4) is 0 Å². The van der Waals surface area contributed by atoms with Crippen LogP contribution in [-0.4, -0.2) is 34.5 Å². The van der Waals surface area contributed by atoms with Gasteiger partial charge in [0, 0.05) is 12.5 Å². The minimum absolute atomic E-state index is 0.118. The predicted octanol–water partition coefficient (Wildman–Crippen LogP) is 2.94. The van der Waals surface area contributed by atoms with Crippen LogP contribution in [-0.2, 0) is 9.59 Å². The molecule has 0 aliphatic rings. The van der Waals surface area contributed by atoms with E-state index in [1.165, 1.54) is 17.0 Å². The van der Waals surface area contributed by atoms with E-state index in [4.69, 9.17) is 5.11 Å². The van der Waals surface area contributed by atoms with Crippen molar-refractivity contribution in [3.05, 3.63) is 41.7 Å². The van der Waals surface area contributed by atoms with E-state index in [2.05, 4.69) is 0 Å². The van der Waals surface area contributed by atoms with E-state index >= 15 is 0 Å². The van der Waals surface area contributed by atoms with Crippen molar-refractivity contribution in [2.75, 3.05) is 6.54 Å². The van der Waals surface area contributed by atoms with Gasteiger partial charge in [-0.3, -0.25) is 9.59 Å². The summed E-state index contributed by atoms with van der Waals surface area (Å²) in [7, 11) is 0. The number of amides is 1. The van der Waals surface area contributed by atoms with Crippen LogP contribution in [0, 0.1) is 5.82 Å². The van der Waals surface area contributed by atoms with E-state index in [0.717, 1.165) is 5.56 Å². The molecule has 5 heteroatoms. The van der Waals surface area contributed by atoms with Gasteiger partial charge in [-0.15, -0.1) is 0 Å². The highest BCUT2D eigenvalue weighted by molar-refractivity contribution is 5.83. The van der Waals surface area contributed by atoms with Crippen LogP contribution < -0.4 is 0 Å². The number of carboxylic acid groups (broad SMARTS) is 1. The fraction of sp³-hybridized carbons (Fsp3) is 0.375. The number of rotatable bonds is 7. The average Bonchev–Trinajstić information content (AvgIpc) is 2.45. The van der Waals surface area contributed by atoms with Crippen LogP contribution in [0.3, 0.4) is 0 Å². The molecule has 1 aromatic carbocycles. The van der Waals surface area contributed by atoms with Gasteiger partial charge in [0.15, 0.2) is 0 Å². The lowest BCUT2D eigenvalue weighted by atomic mass is 10.1. The van der Waals surface area contributed by atoms with Gasteiger partial charge in [0.2, 0.25) is 5.91 Å². The van der Waals surface area contributed by atoms with E-state index in [1.54, 1.807) is 24.3 Å². The molecule has 1 aromatic rings. The van der Waals surface area contributed by atoms with Gasteiger partial charge >= 0.3 is 5.97 Å². The maximum atomic E-state index is 12.8. The number of carbonyl (C=O) groups is 2. The summed E-state index contributed by atoms with van der Waals surface area (Å²) < 4.78 is 12.8. The molecule has 1 N–H and O–H groups in total. The molecule has 0 aliphatic carbocycles. The summed E-state index contributed by atoms with van der Waals surface area (Å²) in [6.45, 7) is 3.43. The molecule has 0 aliphatic heterocycles. The van der Waals surface area contributed by atoms with Crippen LogP contribution in [0.15, 0.2) is 30.3 Å². The highest BCUT2D eigenvalue weighted by Crippen LogP contribution is 2.09. The van der Waals surface area contributed by atoms with Crippen molar-refractivity contribution in [1.29, 1.82) is 0 Å². The van der Waals surface area contributed by atoms with E-state index < -0.39 is 5.97 Å². The van der Waals surface area contributed by atoms with Crippen LogP contribution in [0.5, 0.6) is 0 Å². The molecule has 1 amide bonds. The van der Waals surface area contributed by atoms with Crippen molar-refractivity contribution in [2.45, 2.75) is 32.7 Å². The topological polar surface area (TPSA) is 57.6 Å². The molecule has 1 unspecified atom stereocenters. The number of nitrogens with zero attached hydrogens (tertiary/aromatic N) is 1. The normalized spacial score (nSPS) is 12.3. The van der Waals surface area contributed by atoms with Gasteiger partial charge in [-0.2, -0.15) is 0 Å². The van der Waals surface area contributed by atoms with Gasteiger partial charge < -0.3 is 10.0 Å². The van der Waals surface area contributed by atoms with Gasteiger partial charge in [0.25, 0.3) is 0 Å². The Kier molecular flexibility index (Phi) is 6.59. The van der Waals surface area contributed by atoms with Crippen molar-refractivity contribution < 1.29 is 19.1 Å². The first-order valence-electron chi connectivity index (χ1n) is 6.87. The first kappa shape index (κ1) is 16.9. The molecule has 21 heavy (non-hydrogen) atoms. The number of carbonyl (C=O) groups excluding carboxylic acids is 1. The highest BCUT2D eigenvalue weighted by Gasteiger charge is 2.20. The van der Waals surface area contributed by atoms with Crippen LogP contribution in [0.1, 0.15) is 32.3 Å². The standard InChI is InChI=1S/C16H20FNO3/c1-3-12(2)18(11-16(20)21)15(19)6-4-5-13-7-9-14(17)10-8-13/h4-5,7-10,12H,3,6,11H2,1-2H3,(H,20,21)/b5-4+. The van der Waals surface area contributed by atoms with Gasteiger partial charge in [-0.25, -0.2) is 4.39 Å². The first-order chi connectivity index (χ1) is 9.93. The molecule has 4 nitrogen and oxygen atoms in total. The summed E-state index contributed by atoms with van der Waals surface area (Å²) in [5.41, 5.74) is 0.789. The third-order valence-corrected chi connectivity index (χ3v) is 3.22. The molecule has 0 bridgehead atoms. The van der Waals surface area contributed by atoms with Gasteiger partial charge in [0.1, 0.15) is 12.4 Å². The zero-order valence-corrected chi connectivity index (χ0v) is 12.3. The van der Waals surface area contributed by atoms with Crippen molar-refractivity contribution in [1.82, 2.24) is 4.90 Å². The Hall–Kier alpha value is -2.17. The summed E-state index contributed by atoms with van der Waals surface area (Å²) in [6.07, 6.45) is 4.19. The number of carboxylic acids is 1. The van der Waals surface area contributed by atoms with Gasteiger partial charge in [-0.05, 0) is 31.0 Å². The lowest BCUT2D eigenvalue weighted by molar-refractivity contribution is -0.145. The molecule has 0 fully saturated rings. The number of halogens is 1. The molecule has 114 valence electrons. The molecule has 1 atom stereocenters. The number of hydrogen-bond acceptors (Lipinski definition) is 2. The summed E-state index contributed by atoms with van der Waals surface area (Å²) in [4.78, 5) is 24.2. The summed E-state index contributed by atoms with van der Waals surface area (Å²) >= 11 is 0. The summed E-state index contributed by atoms with van der Waals surface area (Å²) in [5.74, 6) is -1.57. The smallest absolute Gasteiger partial charge is 0.323 e. The van der Waals surface area contributed by atoms with Gasteiger partial charge in [-0.1, -0.05) is 31.2 Å². The number of benzene rings is 1. The maximum Gasteiger partial charge on any atom is 0.323 e. The molecule has 0 radical (unpaired) electrons. The second-order valence-corrected chi connectivity index (χ2v) is 4.83. The van der Waals surface area contributed by atoms with E-state index in [9.17, 15) is 14.0 Å². The molecule has 0 saturated heterocycles. The summed E-state index contributed by atoms with van der Waals surface area (Å²) in [5, 5.41) is 8.86. The monoisotopic (exact) mass is 293 g/mol. The van der Waals surface area contributed by atoms with E-state index in [1.807, 2.05) is 13.8 Å². The summed E-state index contributed by atoms with van der Waals surface area (Å²) in [6, 6.07) is 5.79. The van der Waals surface area contributed by atoms with E-state index in [-0.39, 0.29) is 30.7 Å².